The number of hydrogen-bond donors (Lipinski definition) is 0. The van der Waals surface area contributed by atoms with E-state index < -0.39 is 40.3 Å². The van der Waals surface area contributed by atoms with Crippen LogP contribution >= 0.6 is 0 Å². The van der Waals surface area contributed by atoms with Crippen LogP contribution in [-0.2, 0) is 1.41 Å². The van der Waals surface area contributed by atoms with Gasteiger partial charge in [0.15, 0.2) is 0 Å². The monoisotopic (exact) mass is 503 g/mol. The molecule has 0 fully saturated rings. The van der Waals surface area contributed by atoms with E-state index in [9.17, 15) is 0 Å². The second-order valence-corrected chi connectivity index (χ2v) is 23.7. The Balaban J connectivity index is 0. The predicted octanol–water partition coefficient (Wildman–Crippen LogP) is 5.09. The first kappa shape index (κ1) is 23.8. The Morgan fingerprint density at radius 3 is 1.45 bits per heavy atom. The Morgan fingerprint density at radius 2 is 1.10 bits per heavy atom. The number of unbranched alkanes of at least 4 members (excludes halogenated alkanes) is 4. The first-order chi connectivity index (χ1) is 9.28. The van der Waals surface area contributed by atoms with Crippen LogP contribution in [0.2, 0.25) is 17.7 Å². The Labute approximate surface area is 143 Å². The van der Waals surface area contributed by atoms with Gasteiger partial charge in [0.1, 0.15) is 0 Å². The van der Waals surface area contributed by atoms with Crippen molar-refractivity contribution in [3.8, 4) is 0 Å². The van der Waals surface area contributed by atoms with Gasteiger partial charge in [0.2, 0.25) is 0 Å². The summed E-state index contributed by atoms with van der Waals surface area (Å²) >= 11 is -2.98. The quantitative estimate of drug-likeness (QED) is 0.306. The Morgan fingerprint density at radius 1 is 0.700 bits per heavy atom. The summed E-state index contributed by atoms with van der Waals surface area (Å²) < 4.78 is 13.0. The first-order valence-electron chi connectivity index (χ1n) is 8.79. The minimum Gasteiger partial charge on any atom is -0.412 e. The molecule has 20 heavy (non-hydrogen) atoms. The summed E-state index contributed by atoms with van der Waals surface area (Å²) in [5.41, 5.74) is 0. The standard InChI is InChI=1S/4C4H9.H2O.O.2Sn.H/c4*1-3-4-2;;;;;/h4*1,3-4H2,2H3;1H2;;;;. The van der Waals surface area contributed by atoms with Crippen molar-refractivity contribution >= 4 is 40.3 Å². The van der Waals surface area contributed by atoms with Crippen LogP contribution in [0.15, 0.2) is 0 Å². The summed E-state index contributed by atoms with van der Waals surface area (Å²) in [7, 11) is 0. The van der Waals surface area contributed by atoms with Crippen LogP contribution in [0.25, 0.3) is 0 Å². The second-order valence-electron chi connectivity index (χ2n) is 5.77. The van der Waals surface area contributed by atoms with Gasteiger partial charge in [-0.15, -0.1) is 0 Å². The maximum absolute atomic E-state index is 6.87. The van der Waals surface area contributed by atoms with Crippen molar-refractivity contribution < 1.29 is 6.89 Å². The van der Waals surface area contributed by atoms with Gasteiger partial charge in [-0.3, -0.25) is 0 Å². The third kappa shape index (κ3) is 14.5. The van der Waals surface area contributed by atoms with Crippen molar-refractivity contribution in [2.45, 2.75) is 96.8 Å². The van der Waals surface area contributed by atoms with Crippen molar-refractivity contribution in [2.75, 3.05) is 0 Å². The third-order valence-electron chi connectivity index (χ3n) is 3.71. The van der Waals surface area contributed by atoms with Gasteiger partial charge in [0.05, 0.1) is 0 Å². The van der Waals surface area contributed by atoms with E-state index in [4.69, 9.17) is 1.41 Å². The first-order valence-corrected chi connectivity index (χ1v) is 20.0. The molecule has 0 spiro atoms. The van der Waals surface area contributed by atoms with Gasteiger partial charge in [-0.1, -0.05) is 0 Å². The van der Waals surface area contributed by atoms with Crippen LogP contribution in [-0.4, -0.2) is 45.8 Å². The van der Waals surface area contributed by atoms with Crippen LogP contribution in [0.4, 0.5) is 0 Å². The molecule has 0 amide bonds. The molecule has 123 valence electrons. The van der Waals surface area contributed by atoms with E-state index in [0.29, 0.717) is 0 Å². The average molecular weight is 501 g/mol. The summed E-state index contributed by atoms with van der Waals surface area (Å²) in [6, 6.07) is 0. The molecule has 0 rings (SSSR count). The molecule has 0 bridgehead atoms. The molecule has 0 aliphatic heterocycles. The summed E-state index contributed by atoms with van der Waals surface area (Å²) in [5, 5.41) is 0. The van der Waals surface area contributed by atoms with Crippen molar-refractivity contribution in [1.29, 1.82) is 0 Å². The van der Waals surface area contributed by atoms with Crippen LogP contribution in [0.3, 0.4) is 0 Å². The average Bonchev–Trinajstić information content (AvgIpc) is 2.44. The number of rotatable bonds is 14. The van der Waals surface area contributed by atoms with Gasteiger partial charge in [0.25, 0.3) is 0 Å². The largest absolute Gasteiger partial charge is 0.412 e. The molecule has 0 unspecified atom stereocenters. The molecule has 0 aromatic rings. The fraction of sp³-hybridized carbons (Fsp3) is 1.00. The fourth-order valence-corrected chi connectivity index (χ4v) is 33.8. The number of hydrogen-bond acceptors (Lipinski definition) is 1. The topological polar surface area (TPSA) is 40.7 Å². The van der Waals surface area contributed by atoms with E-state index >= 15 is 0 Å². The fourth-order valence-electron chi connectivity index (χ4n) is 2.35. The molecule has 0 saturated heterocycles. The van der Waals surface area contributed by atoms with Crippen LogP contribution in [0.5, 0.6) is 0 Å². The maximum Gasteiger partial charge on any atom is -0.412 e. The van der Waals surface area contributed by atoms with Gasteiger partial charge >= 0.3 is 139 Å². The second kappa shape index (κ2) is 18.6. The van der Waals surface area contributed by atoms with E-state index in [0.717, 1.165) is 0 Å². The molecule has 0 atom stereocenters. The molecule has 0 saturated carbocycles. The molecule has 1 radical (unpaired) electrons. The molecule has 4 heteroatoms. The van der Waals surface area contributed by atoms with E-state index in [1.54, 1.807) is 0 Å². The summed E-state index contributed by atoms with van der Waals surface area (Å²) in [6.07, 6.45) is 11.2. The molecule has 0 heterocycles. The summed E-state index contributed by atoms with van der Waals surface area (Å²) in [5.74, 6) is 0. The van der Waals surface area contributed by atoms with Crippen molar-refractivity contribution in [1.82, 2.24) is 0 Å². The molecule has 0 aromatic carbocycles. The van der Waals surface area contributed by atoms with Gasteiger partial charge < -0.3 is 5.48 Å². The minimum atomic E-state index is -1.56. The summed E-state index contributed by atoms with van der Waals surface area (Å²) in [6.45, 7) is 9.32. The Hall–Kier alpha value is 1.52. The molecule has 0 aliphatic rings. The molecule has 2 N–H and O–H groups in total. The van der Waals surface area contributed by atoms with Crippen LogP contribution in [0, 0.1) is 0 Å². The SMILES string of the molecule is CCC[CH2][Sn]([CH2]CCC)[O][SnH]([CH2]CCC)[CH2]CCC.O. The van der Waals surface area contributed by atoms with E-state index in [1.165, 1.54) is 69.1 Å². The zero-order chi connectivity index (χ0) is 14.3. The molecular weight excluding hydrogens is 462 g/mol. The van der Waals surface area contributed by atoms with Crippen molar-refractivity contribution in [3.63, 3.8) is 0 Å². The minimum absolute atomic E-state index is 0. The van der Waals surface area contributed by atoms with Crippen LogP contribution < -0.4 is 0 Å². The zero-order valence-electron chi connectivity index (χ0n) is 14.5. The van der Waals surface area contributed by atoms with Crippen molar-refractivity contribution in [3.05, 3.63) is 0 Å². The normalized spacial score (nSPS) is 11.1. The predicted molar refractivity (Wildman–Crippen MR) is 96.5 cm³/mol. The Kier molecular flexibility index (Phi) is 22.1. The molecule has 0 aliphatic carbocycles. The molecular formula is C16H39O2Sn2. The summed E-state index contributed by atoms with van der Waals surface area (Å²) in [4.78, 5) is 0. The van der Waals surface area contributed by atoms with Gasteiger partial charge in [-0.25, -0.2) is 0 Å². The molecule has 0 aromatic heterocycles. The van der Waals surface area contributed by atoms with Gasteiger partial charge in [-0.2, -0.15) is 0 Å². The van der Waals surface area contributed by atoms with E-state index in [2.05, 4.69) is 27.7 Å². The smallest absolute Gasteiger partial charge is 0.412 e. The third-order valence-corrected chi connectivity index (χ3v) is 29.6. The van der Waals surface area contributed by atoms with Crippen molar-refractivity contribution in [2.24, 2.45) is 0 Å². The van der Waals surface area contributed by atoms with Gasteiger partial charge in [0, 0.05) is 0 Å². The Bertz CT molecular complexity index is 146. The van der Waals surface area contributed by atoms with E-state index in [-0.39, 0.29) is 5.48 Å². The molecule has 2 nitrogen and oxygen atoms in total. The maximum atomic E-state index is 6.87. The van der Waals surface area contributed by atoms with Gasteiger partial charge in [-0.05, 0) is 0 Å². The van der Waals surface area contributed by atoms with E-state index in [1.807, 2.05) is 0 Å². The zero-order valence-corrected chi connectivity index (χ0v) is 20.6. The van der Waals surface area contributed by atoms with Crippen LogP contribution in [0.1, 0.15) is 79.1 Å².